The Hall–Kier alpha value is -4.31. The molecule has 3 N–H and O–H groups in total. The van der Waals surface area contributed by atoms with Crippen molar-refractivity contribution in [3.8, 4) is 23.1 Å². The molecule has 1 fully saturated rings. The van der Waals surface area contributed by atoms with Gasteiger partial charge in [-0.3, -0.25) is 4.68 Å². The van der Waals surface area contributed by atoms with Crippen LogP contribution in [0.4, 0.5) is 23.8 Å². The number of urea groups is 1. The molecule has 1 saturated heterocycles. The quantitative estimate of drug-likeness (QED) is 0.529. The molecule has 1 aromatic carbocycles. The number of likely N-dealkylation sites (tertiary alicyclic amines) is 1. The highest BCUT2D eigenvalue weighted by molar-refractivity contribution is 5.75. The van der Waals surface area contributed by atoms with Crippen LogP contribution in [0, 0.1) is 11.3 Å². The number of nitriles is 1. The molecule has 0 bridgehead atoms. The van der Waals surface area contributed by atoms with E-state index in [4.69, 9.17) is 10.5 Å². The summed E-state index contributed by atoms with van der Waals surface area (Å²) in [5.74, 6) is -0.998. The number of nitrogens with zero attached hydrogens (tertiary/aromatic N) is 5. The molecular formula is C25H24F3N7O3. The number of nitrogens with one attached hydrogen (secondary N) is 1. The summed E-state index contributed by atoms with van der Waals surface area (Å²) in [7, 11) is 0. The van der Waals surface area contributed by atoms with E-state index in [-0.39, 0.29) is 24.4 Å². The zero-order chi connectivity index (χ0) is 27.1. The van der Waals surface area contributed by atoms with E-state index in [0.29, 0.717) is 48.6 Å². The van der Waals surface area contributed by atoms with Crippen LogP contribution in [0.1, 0.15) is 36.2 Å². The first-order chi connectivity index (χ1) is 18.1. The molecule has 4 heterocycles. The molecule has 198 valence electrons. The second-order valence-corrected chi connectivity index (χ2v) is 9.18. The van der Waals surface area contributed by atoms with Gasteiger partial charge in [0, 0.05) is 24.7 Å². The van der Waals surface area contributed by atoms with Gasteiger partial charge in [-0.25, -0.2) is 9.78 Å². The number of aromatic nitrogens is 3. The van der Waals surface area contributed by atoms with Crippen LogP contribution in [0.2, 0.25) is 0 Å². The number of anilines is 1. The molecule has 2 amide bonds. The van der Waals surface area contributed by atoms with Gasteiger partial charge in [0.15, 0.2) is 11.6 Å². The van der Waals surface area contributed by atoms with Crippen LogP contribution < -0.4 is 15.8 Å². The topological polar surface area (TPSA) is 131 Å². The van der Waals surface area contributed by atoms with Crippen LogP contribution in [0.3, 0.4) is 0 Å². The lowest BCUT2D eigenvalue weighted by Crippen LogP contribution is -2.44. The molecule has 2 aliphatic heterocycles. The van der Waals surface area contributed by atoms with E-state index in [2.05, 4.69) is 26.2 Å². The van der Waals surface area contributed by atoms with Crippen LogP contribution in [-0.4, -0.2) is 51.8 Å². The van der Waals surface area contributed by atoms with Crippen LogP contribution in [-0.2, 0) is 16.9 Å². The second-order valence-electron chi connectivity index (χ2n) is 9.18. The maximum Gasteiger partial charge on any atom is 0.573 e. The van der Waals surface area contributed by atoms with E-state index < -0.39 is 17.7 Å². The number of alkyl halides is 3. The van der Waals surface area contributed by atoms with E-state index in [1.165, 1.54) is 6.20 Å². The van der Waals surface area contributed by atoms with E-state index in [1.807, 2.05) is 13.0 Å². The van der Waals surface area contributed by atoms with Crippen LogP contribution in [0.5, 0.6) is 5.75 Å². The highest BCUT2D eigenvalue weighted by Crippen LogP contribution is 2.40. The van der Waals surface area contributed by atoms with Crippen molar-refractivity contribution in [2.75, 3.05) is 25.4 Å². The van der Waals surface area contributed by atoms with Crippen molar-refractivity contribution < 1.29 is 27.4 Å². The summed E-state index contributed by atoms with van der Waals surface area (Å²) < 4.78 is 50.2. The molecule has 0 radical (unpaired) electrons. The average molecular weight is 528 g/mol. The highest BCUT2D eigenvalue weighted by Gasteiger charge is 2.47. The van der Waals surface area contributed by atoms with E-state index in [9.17, 15) is 23.2 Å². The molecule has 3 aromatic rings. The number of hydrogen-bond acceptors (Lipinski definition) is 7. The number of pyridine rings is 1. The first kappa shape index (κ1) is 25.3. The maximum atomic E-state index is 13.1. The van der Waals surface area contributed by atoms with E-state index in [0.717, 1.165) is 11.6 Å². The van der Waals surface area contributed by atoms with Gasteiger partial charge in [-0.1, -0.05) is 18.2 Å². The number of benzene rings is 1. The molecule has 0 saturated carbocycles. The summed E-state index contributed by atoms with van der Waals surface area (Å²) >= 11 is 0. The number of halogens is 3. The maximum absolute atomic E-state index is 13.1. The van der Waals surface area contributed by atoms with Crippen LogP contribution >= 0.6 is 0 Å². The van der Waals surface area contributed by atoms with Gasteiger partial charge in [-0.2, -0.15) is 10.4 Å². The Morgan fingerprint density at radius 3 is 2.87 bits per heavy atom. The largest absolute Gasteiger partial charge is 0.573 e. The monoisotopic (exact) mass is 527 g/mol. The Morgan fingerprint density at radius 1 is 1.32 bits per heavy atom. The third kappa shape index (κ3) is 4.82. The Bertz CT molecular complexity index is 1420. The van der Waals surface area contributed by atoms with Crippen LogP contribution in [0.25, 0.3) is 11.3 Å². The van der Waals surface area contributed by atoms with Gasteiger partial charge in [-0.15, -0.1) is 13.2 Å². The number of ether oxygens (including phenoxy) is 2. The van der Waals surface area contributed by atoms with Crippen LogP contribution in [0.15, 0.2) is 42.6 Å². The van der Waals surface area contributed by atoms with Gasteiger partial charge in [0.1, 0.15) is 5.60 Å². The number of carbonyl (C=O) groups excluding carboxylic acids is 1. The molecule has 13 heteroatoms. The van der Waals surface area contributed by atoms with Gasteiger partial charge in [-0.05, 0) is 30.7 Å². The molecule has 2 atom stereocenters. The second kappa shape index (κ2) is 9.53. The lowest BCUT2D eigenvalue weighted by molar-refractivity contribution is -0.274. The lowest BCUT2D eigenvalue weighted by atomic mass is 9.96. The predicted octanol–water partition coefficient (Wildman–Crippen LogP) is 3.70. The summed E-state index contributed by atoms with van der Waals surface area (Å²) in [5.41, 5.74) is 7.35. The molecule has 10 nitrogen and oxygen atoms in total. The van der Waals surface area contributed by atoms with Gasteiger partial charge < -0.3 is 25.4 Å². The minimum absolute atomic E-state index is 0.263. The Balaban J connectivity index is 1.35. The summed E-state index contributed by atoms with van der Waals surface area (Å²) in [6.07, 6.45) is -3.08. The smallest absolute Gasteiger partial charge is 0.402 e. The van der Waals surface area contributed by atoms with Gasteiger partial charge in [0.05, 0.1) is 48.8 Å². The summed E-state index contributed by atoms with van der Waals surface area (Å²) in [6.45, 7) is 3.30. The summed E-state index contributed by atoms with van der Waals surface area (Å²) in [4.78, 5) is 18.6. The van der Waals surface area contributed by atoms with Crippen molar-refractivity contribution in [1.29, 1.82) is 5.26 Å². The molecule has 5 rings (SSSR count). The first-order valence-electron chi connectivity index (χ1n) is 11.9. The minimum atomic E-state index is -4.91. The summed E-state index contributed by atoms with van der Waals surface area (Å²) in [6, 6.07) is 11.4. The summed E-state index contributed by atoms with van der Waals surface area (Å²) in [5, 5.41) is 16.9. The van der Waals surface area contributed by atoms with Gasteiger partial charge >= 0.3 is 12.4 Å². The molecule has 2 aromatic heterocycles. The van der Waals surface area contributed by atoms with E-state index >= 15 is 0 Å². The molecule has 38 heavy (non-hydrogen) atoms. The number of amides is 2. The van der Waals surface area contributed by atoms with Crippen molar-refractivity contribution in [1.82, 2.24) is 25.0 Å². The fourth-order valence-electron chi connectivity index (χ4n) is 4.91. The van der Waals surface area contributed by atoms with Crippen molar-refractivity contribution in [2.24, 2.45) is 0 Å². The van der Waals surface area contributed by atoms with Crippen molar-refractivity contribution in [2.45, 2.75) is 37.9 Å². The number of nitrogen functional groups attached to an aromatic ring is 1. The number of rotatable bonds is 4. The fraction of sp³-hybridized carbons (Fsp3) is 0.360. The molecule has 1 unspecified atom stereocenters. The molecular weight excluding hydrogens is 503 g/mol. The number of fused-ring (bicyclic) bond motifs is 2. The third-order valence-corrected chi connectivity index (χ3v) is 6.74. The van der Waals surface area contributed by atoms with Crippen molar-refractivity contribution >= 4 is 11.8 Å². The zero-order valence-electron chi connectivity index (χ0n) is 20.3. The number of carbonyl (C=O) groups is 1. The Morgan fingerprint density at radius 2 is 2.11 bits per heavy atom. The fourth-order valence-corrected chi connectivity index (χ4v) is 4.91. The number of nitrogens with two attached hydrogens (primary N) is 1. The highest BCUT2D eigenvalue weighted by atomic mass is 19.4. The minimum Gasteiger partial charge on any atom is -0.402 e. The SMILES string of the molecule is C[C@@H](NC(=O)N1CCC2(C1)OCCn1nc(-c3cnc(N)c(OC(F)(F)F)c3)cc12)c1ccccc1C#N. The lowest BCUT2D eigenvalue weighted by Gasteiger charge is -2.34. The molecule has 1 spiro atoms. The molecule has 2 aliphatic rings. The average Bonchev–Trinajstić information content (AvgIpc) is 3.51. The Kier molecular flexibility index (Phi) is 6.36. The number of hydrogen-bond donors (Lipinski definition) is 2. The zero-order valence-corrected chi connectivity index (χ0v) is 20.3. The first-order valence-corrected chi connectivity index (χ1v) is 11.9. The van der Waals surface area contributed by atoms with E-state index in [1.54, 1.807) is 33.8 Å². The van der Waals surface area contributed by atoms with Crippen molar-refractivity contribution in [3.63, 3.8) is 0 Å². The van der Waals surface area contributed by atoms with Gasteiger partial charge in [0.25, 0.3) is 0 Å². The predicted molar refractivity (Wildman–Crippen MR) is 128 cm³/mol. The third-order valence-electron chi connectivity index (χ3n) is 6.74. The molecule has 0 aliphatic carbocycles. The normalized spacial score (nSPS) is 19.6. The van der Waals surface area contributed by atoms with Crippen molar-refractivity contribution in [3.05, 3.63) is 59.4 Å². The standard InChI is InChI=1S/C25H24F3N7O3/c1-15(18-5-3-2-4-16(18)12-29)32-23(36)34-7-6-24(14-34)21-11-19(33-35(21)8-9-37-24)17-10-20(22(30)31-13-17)38-25(26,27)28/h2-5,10-11,13,15H,6-9,14H2,1H3,(H2,30,31)(H,32,36)/t15-,24?/m1/s1. The Labute approximate surface area is 215 Å². The van der Waals surface area contributed by atoms with Gasteiger partial charge in [0.2, 0.25) is 0 Å².